The fraction of sp³-hybridized carbons (Fsp3) is 0.500. The van der Waals surface area contributed by atoms with Gasteiger partial charge in [0.2, 0.25) is 10.0 Å². The number of hydrogen-bond acceptors (Lipinski definition) is 9. The van der Waals surface area contributed by atoms with E-state index < -0.39 is 10.0 Å². The predicted molar refractivity (Wildman–Crippen MR) is 157 cm³/mol. The van der Waals surface area contributed by atoms with Crippen molar-refractivity contribution in [2.75, 3.05) is 43.9 Å². The van der Waals surface area contributed by atoms with Crippen LogP contribution < -0.4 is 15.4 Å². The van der Waals surface area contributed by atoms with E-state index in [1.165, 1.54) is 5.56 Å². The Morgan fingerprint density at radius 1 is 1.07 bits per heavy atom. The van der Waals surface area contributed by atoms with Gasteiger partial charge in [-0.3, -0.25) is 0 Å². The second kappa shape index (κ2) is 9.64. The van der Waals surface area contributed by atoms with E-state index in [1.807, 2.05) is 12.1 Å². The van der Waals surface area contributed by atoms with Crippen LogP contribution in [0.4, 0.5) is 11.6 Å². The molecule has 0 saturated carbocycles. The largest absolute Gasteiger partial charge is 0.491 e. The molecule has 5 heterocycles. The van der Waals surface area contributed by atoms with Crippen LogP contribution in [0.3, 0.4) is 0 Å². The SMILES string of the molecule is CN1CC2CC1CN2S(=O)(=O)c1cc(-c2ccc3c(c2)CN(c2ncnc4c2CC(C)(C)CC4)CCO3)cnc1N. The minimum atomic E-state index is -3.77. The molecule has 0 radical (unpaired) electrons. The molecule has 0 spiro atoms. The van der Waals surface area contributed by atoms with E-state index in [4.69, 9.17) is 15.5 Å². The highest BCUT2D eigenvalue weighted by Crippen LogP contribution is 2.40. The van der Waals surface area contributed by atoms with Crippen molar-refractivity contribution in [3.05, 3.63) is 53.6 Å². The molecular formula is C30H37N7O3S. The quantitative estimate of drug-likeness (QED) is 0.501. The number of piperazine rings is 1. The standard InChI is InChI=1S/C30H37N7O3S/c1-30(2)7-6-25-24(13-30)29(34-18-33-25)36-8-9-40-26-5-4-19(10-21(26)15-36)20-11-27(28(31)32-14-20)41(38,39)37-17-22-12-23(37)16-35(22)3/h4-5,10-11,14,18,22-23H,6-9,12-13,15-17H2,1-3H3,(H2,31,32). The van der Waals surface area contributed by atoms with Crippen LogP contribution >= 0.6 is 0 Å². The molecule has 0 amide bonds. The first-order valence-electron chi connectivity index (χ1n) is 14.4. The Balaban J connectivity index is 1.20. The van der Waals surface area contributed by atoms with Crippen LogP contribution in [0.25, 0.3) is 11.1 Å². The van der Waals surface area contributed by atoms with Crippen LogP contribution in [-0.4, -0.2) is 77.9 Å². The number of fused-ring (bicyclic) bond motifs is 4. The molecule has 3 aromatic rings. The maximum atomic E-state index is 13.7. The number of nitrogen functional groups attached to an aromatic ring is 1. The third-order valence-electron chi connectivity index (χ3n) is 9.31. The molecule has 2 atom stereocenters. The summed E-state index contributed by atoms with van der Waals surface area (Å²) in [6.07, 6.45) is 7.23. The van der Waals surface area contributed by atoms with Gasteiger partial charge in [-0.2, -0.15) is 4.31 Å². The first kappa shape index (κ1) is 26.6. The fourth-order valence-corrected chi connectivity index (χ4v) is 8.71. The Morgan fingerprint density at radius 2 is 1.93 bits per heavy atom. The van der Waals surface area contributed by atoms with Crippen LogP contribution in [0.1, 0.15) is 43.5 Å². The molecule has 216 valence electrons. The molecule has 2 bridgehead atoms. The highest BCUT2D eigenvalue weighted by atomic mass is 32.2. The van der Waals surface area contributed by atoms with Crippen molar-refractivity contribution in [2.24, 2.45) is 5.41 Å². The van der Waals surface area contributed by atoms with Gasteiger partial charge >= 0.3 is 0 Å². The van der Waals surface area contributed by atoms with Gasteiger partial charge in [-0.15, -0.1) is 0 Å². The number of nitrogens with zero attached hydrogens (tertiary/aromatic N) is 6. The molecule has 2 fully saturated rings. The van der Waals surface area contributed by atoms with E-state index in [9.17, 15) is 8.42 Å². The van der Waals surface area contributed by atoms with Gasteiger partial charge in [-0.1, -0.05) is 19.9 Å². The molecule has 1 aromatic carbocycles. The van der Waals surface area contributed by atoms with Gasteiger partial charge in [0.05, 0.1) is 6.54 Å². The molecule has 11 heteroatoms. The van der Waals surface area contributed by atoms with Crippen LogP contribution in [0.2, 0.25) is 0 Å². The molecule has 4 aliphatic rings. The highest BCUT2D eigenvalue weighted by Gasteiger charge is 2.47. The first-order valence-corrected chi connectivity index (χ1v) is 15.8. The summed E-state index contributed by atoms with van der Waals surface area (Å²) in [5, 5.41) is 0. The summed E-state index contributed by atoms with van der Waals surface area (Å²) in [7, 11) is -1.72. The van der Waals surface area contributed by atoms with Crippen molar-refractivity contribution in [1.82, 2.24) is 24.2 Å². The lowest BCUT2D eigenvalue weighted by Crippen LogP contribution is -2.47. The number of anilines is 2. The van der Waals surface area contributed by atoms with E-state index in [-0.39, 0.29) is 28.2 Å². The molecule has 2 unspecified atom stereocenters. The summed E-state index contributed by atoms with van der Waals surface area (Å²) in [5.74, 6) is 1.84. The lowest BCUT2D eigenvalue weighted by atomic mass is 9.76. The number of likely N-dealkylation sites (N-methyl/N-ethyl adjacent to an activating group) is 1. The molecule has 10 nitrogen and oxygen atoms in total. The zero-order chi connectivity index (χ0) is 28.5. The number of aromatic nitrogens is 3. The maximum absolute atomic E-state index is 13.7. The van der Waals surface area contributed by atoms with Crippen LogP contribution in [-0.2, 0) is 29.4 Å². The van der Waals surface area contributed by atoms with Crippen molar-refractivity contribution >= 4 is 21.7 Å². The number of pyridine rings is 1. The van der Waals surface area contributed by atoms with Gasteiger partial charge in [0, 0.05) is 60.3 Å². The van der Waals surface area contributed by atoms with Gasteiger partial charge in [-0.25, -0.2) is 23.4 Å². The molecule has 41 heavy (non-hydrogen) atoms. The summed E-state index contributed by atoms with van der Waals surface area (Å²) in [6, 6.07) is 7.90. The predicted octanol–water partition coefficient (Wildman–Crippen LogP) is 3.11. The van der Waals surface area contributed by atoms with E-state index >= 15 is 0 Å². The molecule has 1 aliphatic carbocycles. The third kappa shape index (κ3) is 4.64. The normalized spacial score (nSPS) is 24.0. The van der Waals surface area contributed by atoms with Crippen molar-refractivity contribution < 1.29 is 13.2 Å². The second-order valence-electron chi connectivity index (χ2n) is 12.7. The fourth-order valence-electron chi connectivity index (χ4n) is 6.96. The molecule has 3 aliphatic heterocycles. The third-order valence-corrected chi connectivity index (χ3v) is 11.3. The first-order chi connectivity index (χ1) is 19.6. The number of ether oxygens (including phenoxy) is 1. The summed E-state index contributed by atoms with van der Waals surface area (Å²) in [5.41, 5.74) is 11.4. The summed E-state index contributed by atoms with van der Waals surface area (Å²) >= 11 is 0. The van der Waals surface area contributed by atoms with Crippen LogP contribution in [0, 0.1) is 5.41 Å². The number of rotatable bonds is 4. The van der Waals surface area contributed by atoms with Gasteiger partial charge in [0.15, 0.2) is 0 Å². The molecule has 2 aromatic heterocycles. The van der Waals surface area contributed by atoms with Gasteiger partial charge in [0.25, 0.3) is 0 Å². The van der Waals surface area contributed by atoms with Crippen molar-refractivity contribution in [1.29, 1.82) is 0 Å². The topological polar surface area (TPSA) is 118 Å². The smallest absolute Gasteiger partial charge is 0.247 e. The molecular weight excluding hydrogens is 538 g/mol. The van der Waals surface area contributed by atoms with E-state index in [0.29, 0.717) is 31.8 Å². The van der Waals surface area contributed by atoms with E-state index in [0.717, 1.165) is 60.6 Å². The Hall–Kier alpha value is -3.28. The highest BCUT2D eigenvalue weighted by molar-refractivity contribution is 7.89. The van der Waals surface area contributed by atoms with E-state index in [1.54, 1.807) is 22.9 Å². The lowest BCUT2D eigenvalue weighted by molar-refractivity contribution is 0.216. The van der Waals surface area contributed by atoms with Gasteiger partial charge < -0.3 is 20.3 Å². The van der Waals surface area contributed by atoms with Gasteiger partial charge in [-0.05, 0) is 61.9 Å². The average Bonchev–Trinajstić information content (AvgIpc) is 3.45. The number of likely N-dealkylation sites (tertiary alicyclic amines) is 1. The maximum Gasteiger partial charge on any atom is 0.247 e. The number of nitrogens with two attached hydrogens (primary N) is 1. The average molecular weight is 576 g/mol. The molecule has 2 saturated heterocycles. The molecule has 2 N–H and O–H groups in total. The Bertz CT molecular complexity index is 1620. The second-order valence-corrected chi connectivity index (χ2v) is 14.6. The summed E-state index contributed by atoms with van der Waals surface area (Å²) in [4.78, 5) is 18.3. The number of aryl methyl sites for hydroxylation is 1. The zero-order valence-electron chi connectivity index (χ0n) is 23.9. The monoisotopic (exact) mass is 575 g/mol. The minimum Gasteiger partial charge on any atom is -0.491 e. The number of sulfonamides is 1. The van der Waals surface area contributed by atoms with Crippen molar-refractivity contribution in [2.45, 2.75) is 63.1 Å². The Morgan fingerprint density at radius 3 is 2.71 bits per heavy atom. The van der Waals surface area contributed by atoms with Gasteiger partial charge in [0.1, 0.15) is 35.2 Å². The summed E-state index contributed by atoms with van der Waals surface area (Å²) < 4.78 is 35.2. The molecule has 7 rings (SSSR count). The zero-order valence-corrected chi connectivity index (χ0v) is 24.7. The number of benzene rings is 1. The van der Waals surface area contributed by atoms with E-state index in [2.05, 4.69) is 46.7 Å². The van der Waals surface area contributed by atoms with Crippen LogP contribution in [0.15, 0.2) is 41.7 Å². The van der Waals surface area contributed by atoms with Crippen LogP contribution in [0.5, 0.6) is 5.75 Å². The minimum absolute atomic E-state index is 0.0215. The van der Waals surface area contributed by atoms with Crippen molar-refractivity contribution in [3.8, 4) is 16.9 Å². The number of hydrogen-bond donors (Lipinski definition) is 1. The van der Waals surface area contributed by atoms with Crippen molar-refractivity contribution in [3.63, 3.8) is 0 Å². The Kier molecular flexibility index (Phi) is 6.26. The lowest BCUT2D eigenvalue weighted by Gasteiger charge is -2.33. The summed E-state index contributed by atoms with van der Waals surface area (Å²) in [6.45, 7) is 7.74. The Labute approximate surface area is 241 Å².